The van der Waals surface area contributed by atoms with Crippen molar-refractivity contribution < 1.29 is 27.7 Å². The summed E-state index contributed by atoms with van der Waals surface area (Å²) in [6, 6.07) is 0. The Labute approximate surface area is 236 Å². The van der Waals surface area contributed by atoms with Gasteiger partial charge < -0.3 is 14.1 Å². The molecule has 1 saturated carbocycles. The van der Waals surface area contributed by atoms with Crippen molar-refractivity contribution in [2.24, 2.45) is 5.92 Å². The highest BCUT2D eigenvalue weighted by Gasteiger charge is 2.35. The smallest absolute Gasteiger partial charge is 0.381 e. The lowest BCUT2D eigenvalue weighted by Gasteiger charge is -2.25. The minimum atomic E-state index is -4.01. The number of hydrogen-bond donors (Lipinski definition) is 1. The number of unbranched alkanes of at least 4 members (excludes halogenated alkanes) is 17. The van der Waals surface area contributed by atoms with Gasteiger partial charge >= 0.3 is 7.82 Å². The Bertz CT molecular complexity index is 583. The first kappa shape index (κ1) is 36.1. The lowest BCUT2D eigenvalue weighted by Crippen LogP contribution is -2.37. The summed E-state index contributed by atoms with van der Waals surface area (Å²) in [7, 11) is 2.06. The zero-order chi connectivity index (χ0) is 28.0. The van der Waals surface area contributed by atoms with E-state index in [9.17, 15) is 9.46 Å². The number of phosphoric ester groups is 1. The maximum atomic E-state index is 12.3. The second-order valence-electron chi connectivity index (χ2n) is 12.7. The van der Waals surface area contributed by atoms with Crippen LogP contribution < -0.4 is 0 Å². The monoisotopic (exact) mass is 562 g/mol. The van der Waals surface area contributed by atoms with E-state index in [2.05, 4.69) is 6.92 Å². The van der Waals surface area contributed by atoms with E-state index >= 15 is 0 Å². The molecule has 0 aromatic heterocycles. The van der Waals surface area contributed by atoms with E-state index in [1.165, 1.54) is 109 Å². The van der Waals surface area contributed by atoms with E-state index in [4.69, 9.17) is 13.8 Å². The molecule has 0 aliphatic heterocycles. The fourth-order valence-electron chi connectivity index (χ4n) is 5.30. The topological polar surface area (TPSA) is 65.0 Å². The van der Waals surface area contributed by atoms with Crippen LogP contribution in [0.2, 0.25) is 0 Å². The number of hydrogen-bond acceptors (Lipinski definition) is 4. The predicted molar refractivity (Wildman–Crippen MR) is 160 cm³/mol. The Balaban J connectivity index is 1.89. The van der Waals surface area contributed by atoms with Crippen LogP contribution in [0.25, 0.3) is 0 Å². The van der Waals surface area contributed by atoms with Gasteiger partial charge in [0.1, 0.15) is 13.2 Å². The van der Waals surface area contributed by atoms with Gasteiger partial charge in [-0.15, -0.1) is 0 Å². The third-order valence-corrected chi connectivity index (χ3v) is 8.89. The summed E-state index contributed by atoms with van der Waals surface area (Å²) >= 11 is 0. The van der Waals surface area contributed by atoms with Gasteiger partial charge in [-0.25, -0.2) is 4.57 Å². The first-order valence-corrected chi connectivity index (χ1v) is 17.8. The highest BCUT2D eigenvalue weighted by molar-refractivity contribution is 7.47. The normalized spacial score (nSPS) is 19.7. The fourth-order valence-corrected chi connectivity index (χ4v) is 6.30. The molecule has 0 bridgehead atoms. The third-order valence-electron chi connectivity index (χ3n) is 7.85. The number of quaternary nitrogens is 1. The van der Waals surface area contributed by atoms with Gasteiger partial charge in [-0.05, 0) is 19.3 Å². The average Bonchev–Trinajstić information content (AvgIpc) is 3.27. The Hall–Kier alpha value is 0.0300. The van der Waals surface area contributed by atoms with Crippen molar-refractivity contribution in [1.82, 2.24) is 0 Å². The van der Waals surface area contributed by atoms with Crippen LogP contribution in [-0.4, -0.2) is 63.0 Å². The van der Waals surface area contributed by atoms with Gasteiger partial charge in [0.2, 0.25) is 0 Å². The summed E-state index contributed by atoms with van der Waals surface area (Å²) < 4.78 is 29.6. The molecule has 0 aromatic carbocycles. The maximum absolute atomic E-state index is 12.3. The van der Waals surface area contributed by atoms with Crippen molar-refractivity contribution in [3.63, 3.8) is 0 Å². The van der Waals surface area contributed by atoms with Gasteiger partial charge in [-0.2, -0.15) is 0 Å². The van der Waals surface area contributed by atoms with Crippen molar-refractivity contribution in [1.29, 1.82) is 0 Å². The molecule has 1 fully saturated rings. The van der Waals surface area contributed by atoms with Crippen LogP contribution in [0.3, 0.4) is 0 Å². The minimum Gasteiger partial charge on any atom is -0.381 e. The van der Waals surface area contributed by atoms with Crippen molar-refractivity contribution in [2.45, 2.75) is 148 Å². The third kappa shape index (κ3) is 21.8. The highest BCUT2D eigenvalue weighted by Crippen LogP contribution is 2.48. The fraction of sp³-hybridized carbons (Fsp3) is 1.00. The molecule has 0 amide bonds. The molecule has 1 N–H and O–H groups in total. The first-order chi connectivity index (χ1) is 18.2. The van der Waals surface area contributed by atoms with Gasteiger partial charge in [0, 0.05) is 12.5 Å². The average molecular weight is 563 g/mol. The first-order valence-electron chi connectivity index (χ1n) is 16.3. The lowest BCUT2D eigenvalue weighted by atomic mass is 10.0. The number of rotatable bonds is 27. The van der Waals surface area contributed by atoms with Crippen molar-refractivity contribution in [2.75, 3.05) is 47.5 Å². The predicted octanol–water partition coefficient (Wildman–Crippen LogP) is 9.05. The molecule has 1 aliphatic rings. The van der Waals surface area contributed by atoms with Crippen molar-refractivity contribution in [3.8, 4) is 0 Å². The second kappa shape index (κ2) is 22.7. The molecule has 7 heteroatoms. The van der Waals surface area contributed by atoms with E-state index in [0.717, 1.165) is 32.3 Å². The van der Waals surface area contributed by atoms with Crippen LogP contribution in [0.4, 0.5) is 0 Å². The molecular weight excluding hydrogens is 497 g/mol. The second-order valence-corrected chi connectivity index (χ2v) is 14.1. The van der Waals surface area contributed by atoms with Crippen LogP contribution in [-0.2, 0) is 18.3 Å². The van der Waals surface area contributed by atoms with Gasteiger partial charge in [0.05, 0.1) is 33.9 Å². The molecule has 0 saturated heterocycles. The maximum Gasteiger partial charge on any atom is 0.472 e. The quantitative estimate of drug-likeness (QED) is 0.0614. The molecule has 228 valence electrons. The molecule has 1 unspecified atom stereocenters. The van der Waals surface area contributed by atoms with Crippen molar-refractivity contribution in [3.05, 3.63) is 0 Å². The van der Waals surface area contributed by atoms with E-state index in [-0.39, 0.29) is 18.6 Å². The zero-order valence-corrected chi connectivity index (χ0v) is 26.7. The molecular formula is C31H65NO5P+. The standard InChI is InChI=1S/C31H64NO5P/c1-5-6-7-8-9-10-11-12-13-14-15-16-17-18-19-20-21-22-27-35-29-30-24-23-25-31(30)37-38(33,34)36-28-26-32(2,3)4/h30-31H,5-29H2,1-4H3/p+1/t30-,31+/m0/s1. The van der Waals surface area contributed by atoms with Gasteiger partial charge in [-0.3, -0.25) is 9.05 Å². The largest absolute Gasteiger partial charge is 0.472 e. The van der Waals surface area contributed by atoms with E-state index in [0.29, 0.717) is 17.6 Å². The summed E-state index contributed by atoms with van der Waals surface area (Å²) in [5, 5.41) is 0. The molecule has 6 nitrogen and oxygen atoms in total. The number of phosphoric acid groups is 1. The molecule has 3 atom stereocenters. The number of likely N-dealkylation sites (N-methyl/N-ethyl adjacent to an activating group) is 1. The van der Waals surface area contributed by atoms with Gasteiger partial charge in [-0.1, -0.05) is 122 Å². The molecule has 0 heterocycles. The zero-order valence-electron chi connectivity index (χ0n) is 25.8. The number of nitrogens with zero attached hydrogens (tertiary/aromatic N) is 1. The SMILES string of the molecule is CCCCCCCCCCCCCCCCCCCCOC[C@@H]1CCC[C@H]1OP(=O)(O)OCC[N+](C)(C)C. The molecule has 1 rings (SSSR count). The van der Waals surface area contributed by atoms with Crippen LogP contribution in [0.15, 0.2) is 0 Å². The lowest BCUT2D eigenvalue weighted by molar-refractivity contribution is -0.870. The number of ether oxygens (including phenoxy) is 1. The molecule has 38 heavy (non-hydrogen) atoms. The summed E-state index contributed by atoms with van der Waals surface area (Å²) in [4.78, 5) is 10.1. The Kier molecular flexibility index (Phi) is 21.5. The Morgan fingerprint density at radius 1 is 0.711 bits per heavy atom. The van der Waals surface area contributed by atoms with Gasteiger partial charge in [0.25, 0.3) is 0 Å². The minimum absolute atomic E-state index is 0.188. The van der Waals surface area contributed by atoms with Crippen LogP contribution in [0.1, 0.15) is 142 Å². The summed E-state index contributed by atoms with van der Waals surface area (Å²) in [6.07, 6.45) is 27.4. The summed E-state index contributed by atoms with van der Waals surface area (Å²) in [5.41, 5.74) is 0. The summed E-state index contributed by atoms with van der Waals surface area (Å²) in [5.74, 6) is 0.188. The summed E-state index contributed by atoms with van der Waals surface area (Å²) in [6.45, 7) is 4.55. The van der Waals surface area contributed by atoms with Crippen molar-refractivity contribution >= 4 is 7.82 Å². The molecule has 0 aromatic rings. The Morgan fingerprint density at radius 3 is 1.66 bits per heavy atom. The van der Waals surface area contributed by atoms with Gasteiger partial charge in [0.15, 0.2) is 0 Å². The van der Waals surface area contributed by atoms with Crippen LogP contribution in [0, 0.1) is 5.92 Å². The van der Waals surface area contributed by atoms with E-state index in [1.54, 1.807) is 0 Å². The van der Waals surface area contributed by atoms with E-state index in [1.807, 2.05) is 21.1 Å². The van der Waals surface area contributed by atoms with Crippen LogP contribution in [0.5, 0.6) is 0 Å². The highest BCUT2D eigenvalue weighted by atomic mass is 31.2. The Morgan fingerprint density at radius 2 is 1.18 bits per heavy atom. The van der Waals surface area contributed by atoms with E-state index < -0.39 is 7.82 Å². The van der Waals surface area contributed by atoms with Crippen LogP contribution >= 0.6 is 7.82 Å². The molecule has 0 spiro atoms. The molecule has 1 aliphatic carbocycles. The molecule has 0 radical (unpaired) electrons.